The lowest BCUT2D eigenvalue weighted by molar-refractivity contribution is -0.135. The highest BCUT2D eigenvalue weighted by Crippen LogP contribution is 2.19. The molecule has 1 atom stereocenters. The fraction of sp³-hybridized carbons (Fsp3) is 0.500. The first-order valence-corrected chi connectivity index (χ1v) is 7.17. The highest BCUT2D eigenvalue weighted by atomic mass is 79.9. The molecule has 106 valence electrons. The Hall–Kier alpha value is -0.580. The third-order valence-corrected chi connectivity index (χ3v) is 4.16. The van der Waals surface area contributed by atoms with Gasteiger partial charge < -0.3 is 10.2 Å². The van der Waals surface area contributed by atoms with Crippen LogP contribution in [0.2, 0.25) is 0 Å². The van der Waals surface area contributed by atoms with E-state index in [0.717, 1.165) is 36.0 Å². The predicted molar refractivity (Wildman–Crippen MR) is 83.5 cm³/mol. The first-order chi connectivity index (χ1) is 8.68. The van der Waals surface area contributed by atoms with Gasteiger partial charge in [0.1, 0.15) is 0 Å². The Morgan fingerprint density at radius 2 is 2.21 bits per heavy atom. The average molecular weight is 348 g/mol. The Morgan fingerprint density at radius 1 is 1.47 bits per heavy atom. The van der Waals surface area contributed by atoms with Crippen molar-refractivity contribution in [3.8, 4) is 0 Å². The number of benzene rings is 1. The maximum absolute atomic E-state index is 12.3. The molecule has 0 radical (unpaired) electrons. The van der Waals surface area contributed by atoms with Gasteiger partial charge in [-0.3, -0.25) is 4.79 Å². The molecule has 0 aliphatic carbocycles. The van der Waals surface area contributed by atoms with E-state index in [1.54, 1.807) is 0 Å². The molecule has 1 saturated heterocycles. The molecule has 1 unspecified atom stereocenters. The Morgan fingerprint density at radius 3 is 2.84 bits per heavy atom. The summed E-state index contributed by atoms with van der Waals surface area (Å²) in [7, 11) is 1.89. The van der Waals surface area contributed by atoms with Crippen LogP contribution >= 0.6 is 28.3 Å². The predicted octanol–water partition coefficient (Wildman–Crippen LogP) is 2.83. The van der Waals surface area contributed by atoms with Crippen molar-refractivity contribution in [2.45, 2.75) is 19.4 Å². The number of amides is 1. The minimum absolute atomic E-state index is 0. The van der Waals surface area contributed by atoms with E-state index in [2.05, 4.69) is 21.2 Å². The molecule has 3 nitrogen and oxygen atoms in total. The van der Waals surface area contributed by atoms with Crippen LogP contribution in [0.3, 0.4) is 0 Å². The molecule has 0 saturated carbocycles. The highest BCUT2D eigenvalue weighted by Gasteiger charge is 2.24. The van der Waals surface area contributed by atoms with Crippen LogP contribution < -0.4 is 5.32 Å². The fourth-order valence-electron chi connectivity index (χ4n) is 2.33. The molecule has 1 aliphatic heterocycles. The van der Waals surface area contributed by atoms with E-state index in [9.17, 15) is 4.79 Å². The van der Waals surface area contributed by atoms with Crippen molar-refractivity contribution in [2.24, 2.45) is 5.92 Å². The zero-order chi connectivity index (χ0) is 13.0. The van der Waals surface area contributed by atoms with Gasteiger partial charge in [0, 0.05) is 24.6 Å². The van der Waals surface area contributed by atoms with E-state index in [1.165, 1.54) is 0 Å². The number of rotatable bonds is 3. The number of carbonyl (C=O) groups is 1. The van der Waals surface area contributed by atoms with Gasteiger partial charge in [-0.15, -0.1) is 12.4 Å². The lowest BCUT2D eigenvalue weighted by atomic mass is 9.98. The maximum Gasteiger partial charge on any atom is 0.227 e. The van der Waals surface area contributed by atoms with Crippen molar-refractivity contribution >= 4 is 34.2 Å². The Labute approximate surface area is 129 Å². The van der Waals surface area contributed by atoms with Crippen LogP contribution in [0.25, 0.3) is 0 Å². The molecule has 5 heteroatoms. The van der Waals surface area contributed by atoms with Gasteiger partial charge in [0.2, 0.25) is 5.91 Å². The molecule has 1 aromatic carbocycles. The minimum atomic E-state index is 0. The first kappa shape index (κ1) is 16.5. The van der Waals surface area contributed by atoms with Gasteiger partial charge in [0.15, 0.2) is 0 Å². The molecule has 1 heterocycles. The summed E-state index contributed by atoms with van der Waals surface area (Å²) in [6.45, 7) is 2.52. The summed E-state index contributed by atoms with van der Waals surface area (Å²) in [5.74, 6) is 0.393. The van der Waals surface area contributed by atoms with Crippen LogP contribution in [-0.4, -0.2) is 30.9 Å². The summed E-state index contributed by atoms with van der Waals surface area (Å²) in [6, 6.07) is 8.05. The summed E-state index contributed by atoms with van der Waals surface area (Å²) in [4.78, 5) is 14.1. The molecule has 1 amide bonds. The summed E-state index contributed by atoms with van der Waals surface area (Å²) >= 11 is 3.52. The molecule has 1 fully saturated rings. The van der Waals surface area contributed by atoms with E-state index >= 15 is 0 Å². The fourth-order valence-corrected chi connectivity index (χ4v) is 2.74. The average Bonchev–Trinajstić information content (AvgIpc) is 2.41. The lowest BCUT2D eigenvalue weighted by Crippen LogP contribution is -2.41. The third-order valence-electron chi connectivity index (χ3n) is 3.39. The normalized spacial score (nSPS) is 18.5. The number of carbonyl (C=O) groups excluding carboxylic acids is 1. The number of hydrogen-bond donors (Lipinski definition) is 1. The van der Waals surface area contributed by atoms with Crippen molar-refractivity contribution in [2.75, 3.05) is 20.1 Å². The standard InChI is InChI=1S/C14H19BrN2O.ClH/c1-17(10-12-5-2-3-7-13(12)15)14(18)11-6-4-8-16-9-11;/h2-3,5,7,11,16H,4,6,8-10H2,1H3;1H. The monoisotopic (exact) mass is 346 g/mol. The van der Waals surface area contributed by atoms with Gasteiger partial charge in [-0.05, 0) is 31.0 Å². The van der Waals surface area contributed by atoms with Gasteiger partial charge in [0.25, 0.3) is 0 Å². The Bertz CT molecular complexity index is 422. The summed E-state index contributed by atoms with van der Waals surface area (Å²) < 4.78 is 1.06. The smallest absolute Gasteiger partial charge is 0.227 e. The number of nitrogens with zero attached hydrogens (tertiary/aromatic N) is 1. The number of nitrogens with one attached hydrogen (secondary N) is 1. The quantitative estimate of drug-likeness (QED) is 0.912. The van der Waals surface area contributed by atoms with Crippen LogP contribution in [0.1, 0.15) is 18.4 Å². The van der Waals surface area contributed by atoms with E-state index in [4.69, 9.17) is 0 Å². The molecule has 1 aromatic rings. The van der Waals surface area contributed by atoms with Crippen LogP contribution in [0, 0.1) is 5.92 Å². The second kappa shape index (κ2) is 7.88. The first-order valence-electron chi connectivity index (χ1n) is 6.37. The second-order valence-electron chi connectivity index (χ2n) is 4.83. The molecule has 0 bridgehead atoms. The van der Waals surface area contributed by atoms with Crippen molar-refractivity contribution in [1.29, 1.82) is 0 Å². The summed E-state index contributed by atoms with van der Waals surface area (Å²) in [5.41, 5.74) is 1.15. The second-order valence-corrected chi connectivity index (χ2v) is 5.68. The molecule has 1 N–H and O–H groups in total. The van der Waals surface area contributed by atoms with Crippen molar-refractivity contribution in [1.82, 2.24) is 10.2 Å². The summed E-state index contributed by atoms with van der Waals surface area (Å²) in [5, 5.41) is 3.29. The molecule has 19 heavy (non-hydrogen) atoms. The topological polar surface area (TPSA) is 32.3 Å². The maximum atomic E-state index is 12.3. The Kier molecular flexibility index (Phi) is 6.83. The zero-order valence-corrected chi connectivity index (χ0v) is 13.5. The number of hydrogen-bond acceptors (Lipinski definition) is 2. The minimum Gasteiger partial charge on any atom is -0.341 e. The van der Waals surface area contributed by atoms with Gasteiger partial charge >= 0.3 is 0 Å². The van der Waals surface area contributed by atoms with Crippen molar-refractivity contribution in [3.05, 3.63) is 34.3 Å². The molecule has 2 rings (SSSR count). The van der Waals surface area contributed by atoms with E-state index < -0.39 is 0 Å². The van der Waals surface area contributed by atoms with Gasteiger partial charge in [-0.25, -0.2) is 0 Å². The largest absolute Gasteiger partial charge is 0.341 e. The van der Waals surface area contributed by atoms with Crippen LogP contribution in [0.4, 0.5) is 0 Å². The SMILES string of the molecule is CN(Cc1ccccc1Br)C(=O)C1CCCNC1.Cl. The molecule has 0 spiro atoms. The lowest BCUT2D eigenvalue weighted by Gasteiger charge is -2.27. The molecule has 1 aliphatic rings. The van der Waals surface area contributed by atoms with Crippen LogP contribution in [0.5, 0.6) is 0 Å². The van der Waals surface area contributed by atoms with Crippen molar-refractivity contribution < 1.29 is 4.79 Å². The van der Waals surface area contributed by atoms with E-state index in [1.807, 2.05) is 36.2 Å². The van der Waals surface area contributed by atoms with Crippen LogP contribution in [-0.2, 0) is 11.3 Å². The summed E-state index contributed by atoms with van der Waals surface area (Å²) in [6.07, 6.45) is 2.10. The van der Waals surface area contributed by atoms with E-state index in [-0.39, 0.29) is 24.2 Å². The number of halogens is 2. The number of piperidine rings is 1. The third kappa shape index (κ3) is 4.48. The van der Waals surface area contributed by atoms with Gasteiger partial charge in [-0.2, -0.15) is 0 Å². The van der Waals surface area contributed by atoms with Crippen molar-refractivity contribution in [3.63, 3.8) is 0 Å². The van der Waals surface area contributed by atoms with Crippen LogP contribution in [0.15, 0.2) is 28.7 Å². The van der Waals surface area contributed by atoms with Gasteiger partial charge in [0.05, 0.1) is 5.92 Å². The Balaban J connectivity index is 0.00000180. The molecule has 0 aromatic heterocycles. The van der Waals surface area contributed by atoms with Gasteiger partial charge in [-0.1, -0.05) is 34.1 Å². The van der Waals surface area contributed by atoms with E-state index in [0.29, 0.717) is 6.54 Å². The molecular weight excluding hydrogens is 328 g/mol. The zero-order valence-electron chi connectivity index (χ0n) is 11.1. The highest BCUT2D eigenvalue weighted by molar-refractivity contribution is 9.10. The molecular formula is C14H20BrClN2O.